The number of hydrogen-bond donors (Lipinski definition) is 2. The molecule has 0 atom stereocenters. The molecule has 2 bridgehead atoms. The van der Waals surface area contributed by atoms with Crippen LogP contribution < -0.4 is 10.7 Å². The number of aromatic nitrogens is 1. The largest absolute Gasteiger partial charge is 0.368 e. The van der Waals surface area contributed by atoms with Crippen LogP contribution in [0.1, 0.15) is 50.5 Å². The van der Waals surface area contributed by atoms with Crippen LogP contribution in [0.4, 0.5) is 0 Å². The van der Waals surface area contributed by atoms with Crippen molar-refractivity contribution in [3.63, 3.8) is 0 Å². The maximum Gasteiger partial charge on any atom is 0.227 e. The molecule has 136 valence electrons. The van der Waals surface area contributed by atoms with Crippen LogP contribution in [0.2, 0.25) is 0 Å². The molecule has 6 nitrogen and oxygen atoms in total. The number of aliphatic imine (C=N–C) groups is 1. The third kappa shape index (κ3) is 3.69. The first-order chi connectivity index (χ1) is 12.8. The molecule has 26 heavy (non-hydrogen) atoms. The maximum absolute atomic E-state index is 10.7. The SMILES string of the molecule is O=CN/N=C(\CCCc1cccnc1)C1=CN=C(NC23CC(C2)C3)CC1. The van der Waals surface area contributed by atoms with Gasteiger partial charge in [-0.25, -0.2) is 10.4 Å². The van der Waals surface area contributed by atoms with E-state index in [1.165, 1.54) is 24.8 Å². The van der Waals surface area contributed by atoms with Gasteiger partial charge in [0, 0.05) is 30.6 Å². The van der Waals surface area contributed by atoms with E-state index in [4.69, 9.17) is 0 Å². The van der Waals surface area contributed by atoms with Crippen molar-refractivity contribution >= 4 is 18.0 Å². The number of amides is 1. The molecule has 2 heterocycles. The molecule has 3 saturated carbocycles. The van der Waals surface area contributed by atoms with Gasteiger partial charge in [-0.1, -0.05) is 6.07 Å². The molecule has 0 aromatic carbocycles. The van der Waals surface area contributed by atoms with Crippen molar-refractivity contribution in [1.82, 2.24) is 15.7 Å². The standard InChI is InChI=1S/C20H25N5O/c26-14-23-25-18(5-1-3-15-4-2-8-21-12-15)17-6-7-19(22-13-17)24-20-9-16(10-20)11-20/h2,4,8,12-14,16H,1,3,5-7,9-11H2,(H,22,24)(H,23,26)/b25-18+. The van der Waals surface area contributed by atoms with E-state index in [1.807, 2.05) is 18.5 Å². The van der Waals surface area contributed by atoms with E-state index in [2.05, 4.69) is 31.9 Å². The van der Waals surface area contributed by atoms with Gasteiger partial charge in [-0.15, -0.1) is 0 Å². The zero-order valence-electron chi connectivity index (χ0n) is 14.9. The minimum Gasteiger partial charge on any atom is -0.368 e. The Hall–Kier alpha value is -2.50. The second-order valence-corrected chi connectivity index (χ2v) is 7.63. The zero-order chi connectivity index (χ0) is 17.8. The molecule has 0 radical (unpaired) electrons. The fourth-order valence-electron chi connectivity index (χ4n) is 4.19. The molecular formula is C20H25N5O. The monoisotopic (exact) mass is 351 g/mol. The van der Waals surface area contributed by atoms with Crippen molar-refractivity contribution in [2.45, 2.75) is 56.9 Å². The molecule has 2 N–H and O–H groups in total. The summed E-state index contributed by atoms with van der Waals surface area (Å²) in [5.74, 6) is 2.07. The fourth-order valence-corrected chi connectivity index (χ4v) is 4.19. The molecule has 3 fully saturated rings. The van der Waals surface area contributed by atoms with Gasteiger partial charge in [0.1, 0.15) is 5.84 Å². The fraction of sp³-hybridized carbons (Fsp3) is 0.500. The van der Waals surface area contributed by atoms with Crippen molar-refractivity contribution in [3.8, 4) is 0 Å². The highest BCUT2D eigenvalue weighted by atomic mass is 16.1. The van der Waals surface area contributed by atoms with Crippen molar-refractivity contribution in [1.29, 1.82) is 0 Å². The Balaban J connectivity index is 1.35. The highest BCUT2D eigenvalue weighted by Gasteiger charge is 2.56. The van der Waals surface area contributed by atoms with Crippen LogP contribution in [-0.4, -0.2) is 28.5 Å². The Labute approximate surface area is 153 Å². The predicted octanol–water partition coefficient (Wildman–Crippen LogP) is 2.72. The number of hydrogen-bond acceptors (Lipinski definition) is 5. The Morgan fingerprint density at radius 3 is 2.85 bits per heavy atom. The van der Waals surface area contributed by atoms with Crippen LogP contribution in [0.5, 0.6) is 0 Å². The number of nitrogens with zero attached hydrogens (tertiary/aromatic N) is 3. The van der Waals surface area contributed by atoms with E-state index >= 15 is 0 Å². The summed E-state index contributed by atoms with van der Waals surface area (Å²) >= 11 is 0. The van der Waals surface area contributed by atoms with Gasteiger partial charge >= 0.3 is 0 Å². The smallest absolute Gasteiger partial charge is 0.227 e. The maximum atomic E-state index is 10.7. The van der Waals surface area contributed by atoms with E-state index in [0.717, 1.165) is 55.1 Å². The molecule has 1 amide bonds. The van der Waals surface area contributed by atoms with Gasteiger partial charge in [0.15, 0.2) is 0 Å². The lowest BCUT2D eigenvalue weighted by molar-refractivity contribution is -0.109. The van der Waals surface area contributed by atoms with E-state index in [9.17, 15) is 4.79 Å². The van der Waals surface area contributed by atoms with Gasteiger partial charge < -0.3 is 5.32 Å². The van der Waals surface area contributed by atoms with E-state index < -0.39 is 0 Å². The van der Waals surface area contributed by atoms with Gasteiger partial charge in [0.25, 0.3) is 0 Å². The summed E-state index contributed by atoms with van der Waals surface area (Å²) in [6.45, 7) is 0. The summed E-state index contributed by atoms with van der Waals surface area (Å²) < 4.78 is 0. The van der Waals surface area contributed by atoms with Crippen LogP contribution in [0.3, 0.4) is 0 Å². The lowest BCUT2D eigenvalue weighted by Crippen LogP contribution is -2.68. The molecule has 1 aromatic heterocycles. The average molecular weight is 351 g/mol. The van der Waals surface area contributed by atoms with Gasteiger partial charge in [0.05, 0.1) is 5.71 Å². The topological polar surface area (TPSA) is 78.7 Å². The summed E-state index contributed by atoms with van der Waals surface area (Å²) in [6, 6.07) is 4.04. The lowest BCUT2D eigenvalue weighted by Gasteiger charge is -2.62. The van der Waals surface area contributed by atoms with Gasteiger partial charge in [-0.05, 0) is 68.1 Å². The number of rotatable bonds is 8. The normalized spacial score (nSPS) is 26.8. The Morgan fingerprint density at radius 2 is 2.23 bits per heavy atom. The van der Waals surface area contributed by atoms with Gasteiger partial charge in [-0.2, -0.15) is 5.10 Å². The number of amidine groups is 1. The Bertz CT molecular complexity index is 736. The number of carbonyl (C=O) groups excluding carboxylic acids is 1. The molecule has 0 spiro atoms. The molecule has 6 heteroatoms. The van der Waals surface area contributed by atoms with Crippen LogP contribution in [0.25, 0.3) is 0 Å². The van der Waals surface area contributed by atoms with Gasteiger partial charge in [0.2, 0.25) is 6.41 Å². The van der Waals surface area contributed by atoms with E-state index in [0.29, 0.717) is 11.9 Å². The summed E-state index contributed by atoms with van der Waals surface area (Å²) in [5.41, 5.74) is 6.09. The average Bonchev–Trinajstić information content (AvgIpc) is 2.61. The third-order valence-corrected chi connectivity index (χ3v) is 5.68. The molecule has 3 aliphatic carbocycles. The zero-order valence-corrected chi connectivity index (χ0v) is 14.9. The van der Waals surface area contributed by atoms with Crippen molar-refractivity contribution < 1.29 is 4.79 Å². The van der Waals surface area contributed by atoms with E-state index in [1.54, 1.807) is 6.20 Å². The molecule has 4 aliphatic rings. The number of pyridine rings is 1. The summed E-state index contributed by atoms with van der Waals surface area (Å²) in [7, 11) is 0. The lowest BCUT2D eigenvalue weighted by atomic mass is 9.50. The Kier molecular flexibility index (Phi) is 4.82. The number of hydrazone groups is 1. The molecule has 0 unspecified atom stereocenters. The Morgan fingerprint density at radius 1 is 1.35 bits per heavy atom. The van der Waals surface area contributed by atoms with Crippen molar-refractivity contribution in [2.24, 2.45) is 16.0 Å². The predicted molar refractivity (Wildman–Crippen MR) is 102 cm³/mol. The van der Waals surface area contributed by atoms with Crippen LogP contribution in [0, 0.1) is 5.92 Å². The minimum absolute atomic E-state index is 0.370. The number of nitrogens with one attached hydrogen (secondary N) is 2. The second-order valence-electron chi connectivity index (χ2n) is 7.63. The summed E-state index contributed by atoms with van der Waals surface area (Å²) in [6.07, 6.45) is 14.7. The van der Waals surface area contributed by atoms with Gasteiger partial charge in [-0.3, -0.25) is 9.78 Å². The summed E-state index contributed by atoms with van der Waals surface area (Å²) in [5, 5.41) is 7.91. The first-order valence-electron chi connectivity index (χ1n) is 9.45. The molecular weight excluding hydrogens is 326 g/mol. The molecule has 1 aromatic rings. The summed E-state index contributed by atoms with van der Waals surface area (Å²) in [4.78, 5) is 19.4. The minimum atomic E-state index is 0.370. The van der Waals surface area contributed by atoms with E-state index in [-0.39, 0.29) is 0 Å². The van der Waals surface area contributed by atoms with Crippen molar-refractivity contribution in [3.05, 3.63) is 41.9 Å². The van der Waals surface area contributed by atoms with Crippen LogP contribution >= 0.6 is 0 Å². The third-order valence-electron chi connectivity index (χ3n) is 5.68. The number of carbonyl (C=O) groups is 1. The quantitative estimate of drug-likeness (QED) is 0.429. The molecule has 1 aliphatic heterocycles. The van der Waals surface area contributed by atoms with Crippen LogP contribution in [0.15, 0.2) is 46.4 Å². The first kappa shape index (κ1) is 16.9. The first-order valence-corrected chi connectivity index (χ1v) is 9.45. The van der Waals surface area contributed by atoms with Crippen molar-refractivity contribution in [2.75, 3.05) is 0 Å². The molecule has 5 rings (SSSR count). The number of allylic oxidation sites excluding steroid dienone is 1. The second kappa shape index (κ2) is 7.40. The van der Waals surface area contributed by atoms with Crippen LogP contribution in [-0.2, 0) is 11.2 Å². The highest BCUT2D eigenvalue weighted by molar-refractivity contribution is 6.02. The highest BCUT2D eigenvalue weighted by Crippen LogP contribution is 2.57. The number of aryl methyl sites for hydroxylation is 1. The molecule has 0 saturated heterocycles.